The molecule has 2 nitrogen and oxygen atoms in total. The molecule has 1 aliphatic rings. The fraction of sp³-hybridized carbons (Fsp3) is 1.00. The summed E-state index contributed by atoms with van der Waals surface area (Å²) in [6.07, 6.45) is 7.57. The van der Waals surface area contributed by atoms with Gasteiger partial charge in [0.15, 0.2) is 0 Å². The SMILES string of the molecule is OC(CCCCl)CCCC1CCCO1. The molecule has 2 unspecified atom stereocenters. The molecular formula is C11H21ClO2. The Labute approximate surface area is 91.6 Å². The van der Waals surface area contributed by atoms with Crippen molar-refractivity contribution in [3.05, 3.63) is 0 Å². The number of alkyl halides is 1. The molecule has 0 bridgehead atoms. The van der Waals surface area contributed by atoms with Crippen LogP contribution in [0.2, 0.25) is 0 Å². The van der Waals surface area contributed by atoms with E-state index in [1.54, 1.807) is 0 Å². The monoisotopic (exact) mass is 220 g/mol. The van der Waals surface area contributed by atoms with Crippen LogP contribution in [0.15, 0.2) is 0 Å². The molecule has 1 heterocycles. The summed E-state index contributed by atoms with van der Waals surface area (Å²) in [4.78, 5) is 0. The Kier molecular flexibility index (Phi) is 6.57. The zero-order valence-electron chi connectivity index (χ0n) is 8.75. The van der Waals surface area contributed by atoms with Gasteiger partial charge in [0.05, 0.1) is 12.2 Å². The van der Waals surface area contributed by atoms with Crippen LogP contribution in [0.3, 0.4) is 0 Å². The maximum absolute atomic E-state index is 9.55. The highest BCUT2D eigenvalue weighted by Gasteiger charge is 2.15. The van der Waals surface area contributed by atoms with Gasteiger partial charge in [-0.25, -0.2) is 0 Å². The van der Waals surface area contributed by atoms with Gasteiger partial charge in [-0.05, 0) is 44.9 Å². The predicted octanol–water partition coefficient (Wildman–Crippen LogP) is 2.72. The molecule has 84 valence electrons. The second-order valence-corrected chi connectivity index (χ2v) is 4.43. The minimum Gasteiger partial charge on any atom is -0.393 e. The minimum absolute atomic E-state index is 0.157. The van der Waals surface area contributed by atoms with Crippen molar-refractivity contribution in [1.29, 1.82) is 0 Å². The Bertz CT molecular complexity index is 135. The van der Waals surface area contributed by atoms with Crippen LogP contribution < -0.4 is 0 Å². The lowest BCUT2D eigenvalue weighted by molar-refractivity contribution is 0.0932. The minimum atomic E-state index is -0.157. The van der Waals surface area contributed by atoms with Gasteiger partial charge in [-0.15, -0.1) is 11.6 Å². The van der Waals surface area contributed by atoms with Gasteiger partial charge in [-0.3, -0.25) is 0 Å². The first-order chi connectivity index (χ1) is 6.83. The third-order valence-electron chi connectivity index (χ3n) is 2.76. The lowest BCUT2D eigenvalue weighted by Gasteiger charge is -2.12. The van der Waals surface area contributed by atoms with E-state index in [2.05, 4.69) is 0 Å². The van der Waals surface area contributed by atoms with Crippen molar-refractivity contribution in [2.24, 2.45) is 0 Å². The van der Waals surface area contributed by atoms with Gasteiger partial charge in [0.25, 0.3) is 0 Å². The summed E-state index contributed by atoms with van der Waals surface area (Å²) in [7, 11) is 0. The zero-order valence-corrected chi connectivity index (χ0v) is 9.51. The molecule has 0 aromatic carbocycles. The molecule has 2 atom stereocenters. The normalized spacial score (nSPS) is 24.0. The molecule has 1 rings (SSSR count). The molecule has 14 heavy (non-hydrogen) atoms. The highest BCUT2D eigenvalue weighted by molar-refractivity contribution is 6.17. The third-order valence-corrected chi connectivity index (χ3v) is 3.03. The maximum Gasteiger partial charge on any atom is 0.0576 e. The van der Waals surface area contributed by atoms with Gasteiger partial charge in [0.2, 0.25) is 0 Å². The molecule has 0 radical (unpaired) electrons. The van der Waals surface area contributed by atoms with Crippen molar-refractivity contribution in [2.45, 2.75) is 57.2 Å². The molecule has 1 aliphatic heterocycles. The second-order valence-electron chi connectivity index (χ2n) is 4.05. The van der Waals surface area contributed by atoms with Gasteiger partial charge in [-0.1, -0.05) is 0 Å². The van der Waals surface area contributed by atoms with Crippen molar-refractivity contribution in [3.8, 4) is 0 Å². The van der Waals surface area contributed by atoms with E-state index < -0.39 is 0 Å². The van der Waals surface area contributed by atoms with Crippen molar-refractivity contribution in [2.75, 3.05) is 12.5 Å². The first kappa shape index (κ1) is 12.3. The van der Waals surface area contributed by atoms with Crippen LogP contribution >= 0.6 is 11.6 Å². The summed E-state index contributed by atoms with van der Waals surface area (Å²) < 4.78 is 5.51. The standard InChI is InChI=1S/C11H21ClO2/c12-8-2-5-10(13)4-1-6-11-7-3-9-14-11/h10-11,13H,1-9H2. The summed E-state index contributed by atoms with van der Waals surface area (Å²) >= 11 is 5.55. The van der Waals surface area contributed by atoms with E-state index in [-0.39, 0.29) is 6.10 Å². The van der Waals surface area contributed by atoms with Crippen LogP contribution in [0.5, 0.6) is 0 Å². The summed E-state index contributed by atoms with van der Waals surface area (Å²) in [5.41, 5.74) is 0. The predicted molar refractivity (Wildman–Crippen MR) is 58.8 cm³/mol. The van der Waals surface area contributed by atoms with E-state index in [4.69, 9.17) is 16.3 Å². The van der Waals surface area contributed by atoms with Gasteiger partial charge >= 0.3 is 0 Å². The highest BCUT2D eigenvalue weighted by atomic mass is 35.5. The average Bonchev–Trinajstić information content (AvgIpc) is 2.67. The fourth-order valence-corrected chi connectivity index (χ4v) is 2.06. The van der Waals surface area contributed by atoms with Crippen LogP contribution in [0.1, 0.15) is 44.9 Å². The van der Waals surface area contributed by atoms with Gasteiger partial charge in [0, 0.05) is 12.5 Å². The summed E-state index contributed by atoms with van der Waals surface area (Å²) in [5.74, 6) is 0.656. The Balaban J connectivity index is 1.91. The van der Waals surface area contributed by atoms with E-state index in [1.165, 1.54) is 12.8 Å². The van der Waals surface area contributed by atoms with E-state index in [9.17, 15) is 5.11 Å². The lowest BCUT2D eigenvalue weighted by atomic mass is 10.0. The van der Waals surface area contributed by atoms with Gasteiger partial charge in [0.1, 0.15) is 0 Å². The van der Waals surface area contributed by atoms with E-state index in [0.717, 1.165) is 38.7 Å². The Morgan fingerprint density at radius 3 is 2.79 bits per heavy atom. The van der Waals surface area contributed by atoms with Gasteiger partial charge in [-0.2, -0.15) is 0 Å². The molecule has 0 amide bonds. The molecular weight excluding hydrogens is 200 g/mol. The molecule has 0 aromatic heterocycles. The number of ether oxygens (including phenoxy) is 1. The largest absolute Gasteiger partial charge is 0.393 e. The van der Waals surface area contributed by atoms with Crippen LogP contribution in [0, 0.1) is 0 Å². The summed E-state index contributed by atoms with van der Waals surface area (Å²) in [5, 5.41) is 9.55. The van der Waals surface area contributed by atoms with Crippen molar-refractivity contribution >= 4 is 11.6 Å². The highest BCUT2D eigenvalue weighted by Crippen LogP contribution is 2.18. The first-order valence-corrected chi connectivity index (χ1v) is 6.22. The Morgan fingerprint density at radius 1 is 1.36 bits per heavy atom. The Morgan fingerprint density at radius 2 is 2.14 bits per heavy atom. The lowest BCUT2D eigenvalue weighted by Crippen LogP contribution is -2.10. The van der Waals surface area contributed by atoms with Crippen LogP contribution in [0.25, 0.3) is 0 Å². The molecule has 1 N–H and O–H groups in total. The van der Waals surface area contributed by atoms with Crippen LogP contribution in [-0.2, 0) is 4.74 Å². The third kappa shape index (κ3) is 5.18. The first-order valence-electron chi connectivity index (χ1n) is 5.68. The van der Waals surface area contributed by atoms with Crippen molar-refractivity contribution < 1.29 is 9.84 Å². The molecule has 0 aliphatic carbocycles. The summed E-state index contributed by atoms with van der Waals surface area (Å²) in [6, 6.07) is 0. The quantitative estimate of drug-likeness (QED) is 0.669. The number of halogens is 1. The Hall–Kier alpha value is 0.210. The maximum atomic E-state index is 9.55. The number of aliphatic hydroxyl groups is 1. The molecule has 1 saturated heterocycles. The molecule has 0 aromatic rings. The smallest absolute Gasteiger partial charge is 0.0576 e. The number of hydrogen-bond acceptors (Lipinski definition) is 2. The summed E-state index contributed by atoms with van der Waals surface area (Å²) in [6.45, 7) is 0.930. The number of aliphatic hydroxyl groups excluding tert-OH is 1. The number of hydrogen-bond donors (Lipinski definition) is 1. The number of rotatable bonds is 7. The van der Waals surface area contributed by atoms with Crippen molar-refractivity contribution in [3.63, 3.8) is 0 Å². The van der Waals surface area contributed by atoms with Crippen molar-refractivity contribution in [1.82, 2.24) is 0 Å². The average molecular weight is 221 g/mol. The second kappa shape index (κ2) is 7.49. The van der Waals surface area contributed by atoms with Crippen LogP contribution in [0.4, 0.5) is 0 Å². The van der Waals surface area contributed by atoms with E-state index in [0.29, 0.717) is 12.0 Å². The van der Waals surface area contributed by atoms with Gasteiger partial charge < -0.3 is 9.84 Å². The molecule has 0 spiro atoms. The zero-order chi connectivity index (χ0) is 10.2. The topological polar surface area (TPSA) is 29.5 Å². The van der Waals surface area contributed by atoms with E-state index in [1.807, 2.05) is 0 Å². The molecule has 3 heteroatoms. The molecule has 0 saturated carbocycles. The van der Waals surface area contributed by atoms with E-state index >= 15 is 0 Å². The molecule has 1 fully saturated rings. The fourth-order valence-electron chi connectivity index (χ4n) is 1.91. The van der Waals surface area contributed by atoms with Crippen LogP contribution in [-0.4, -0.2) is 29.8 Å².